The molecule has 0 N–H and O–H groups in total. The van der Waals surface area contributed by atoms with Crippen molar-refractivity contribution in [1.29, 1.82) is 0 Å². The van der Waals surface area contributed by atoms with E-state index in [1.165, 1.54) is 0 Å². The first-order valence-electron chi connectivity index (χ1n) is 3.83. The SMILES string of the molecule is CCCN1CSCN(C)C1=O. The van der Waals surface area contributed by atoms with Crippen molar-refractivity contribution >= 4 is 17.8 Å². The van der Waals surface area contributed by atoms with Gasteiger partial charge in [-0.05, 0) is 6.42 Å². The molecule has 0 aliphatic carbocycles. The second-order valence-corrected chi connectivity index (χ2v) is 3.63. The lowest BCUT2D eigenvalue weighted by Gasteiger charge is -2.32. The van der Waals surface area contributed by atoms with Gasteiger partial charge in [-0.3, -0.25) is 0 Å². The average Bonchev–Trinajstić information content (AvgIpc) is 1.99. The fourth-order valence-corrected chi connectivity index (χ4v) is 2.00. The van der Waals surface area contributed by atoms with Crippen LogP contribution in [0.4, 0.5) is 4.79 Å². The van der Waals surface area contributed by atoms with Gasteiger partial charge in [-0.1, -0.05) is 6.92 Å². The van der Waals surface area contributed by atoms with Gasteiger partial charge in [0.05, 0.1) is 11.8 Å². The van der Waals surface area contributed by atoms with Gasteiger partial charge in [-0.25, -0.2) is 4.79 Å². The van der Waals surface area contributed by atoms with Crippen molar-refractivity contribution in [3.05, 3.63) is 0 Å². The van der Waals surface area contributed by atoms with E-state index in [4.69, 9.17) is 0 Å². The van der Waals surface area contributed by atoms with Gasteiger partial charge < -0.3 is 9.80 Å². The van der Waals surface area contributed by atoms with Crippen LogP contribution in [0.15, 0.2) is 0 Å². The zero-order chi connectivity index (χ0) is 8.27. The van der Waals surface area contributed by atoms with E-state index in [9.17, 15) is 4.79 Å². The van der Waals surface area contributed by atoms with Gasteiger partial charge in [-0.15, -0.1) is 11.8 Å². The van der Waals surface area contributed by atoms with Gasteiger partial charge in [-0.2, -0.15) is 0 Å². The van der Waals surface area contributed by atoms with Crippen LogP contribution in [0.3, 0.4) is 0 Å². The molecule has 0 aromatic rings. The molecule has 0 bridgehead atoms. The minimum absolute atomic E-state index is 0.172. The Balaban J connectivity index is 2.44. The highest BCUT2D eigenvalue weighted by Crippen LogP contribution is 2.15. The van der Waals surface area contributed by atoms with Crippen LogP contribution in [-0.4, -0.2) is 41.2 Å². The lowest BCUT2D eigenvalue weighted by molar-refractivity contribution is 0.173. The van der Waals surface area contributed by atoms with E-state index in [-0.39, 0.29) is 6.03 Å². The van der Waals surface area contributed by atoms with E-state index < -0.39 is 0 Å². The maximum absolute atomic E-state index is 11.4. The van der Waals surface area contributed by atoms with Crippen molar-refractivity contribution in [2.24, 2.45) is 0 Å². The molecule has 3 nitrogen and oxygen atoms in total. The van der Waals surface area contributed by atoms with Crippen molar-refractivity contribution in [3.63, 3.8) is 0 Å². The molecular weight excluding hydrogens is 160 g/mol. The summed E-state index contributed by atoms with van der Waals surface area (Å²) in [5, 5.41) is 0. The van der Waals surface area contributed by atoms with Gasteiger partial charge in [0.25, 0.3) is 0 Å². The molecule has 0 aromatic heterocycles. The van der Waals surface area contributed by atoms with Crippen LogP contribution in [0.25, 0.3) is 0 Å². The molecular formula is C7H14N2OS. The van der Waals surface area contributed by atoms with Crippen molar-refractivity contribution in [2.75, 3.05) is 25.3 Å². The Hall–Kier alpha value is -0.380. The number of hydrogen-bond acceptors (Lipinski definition) is 2. The summed E-state index contributed by atoms with van der Waals surface area (Å²) in [7, 11) is 1.84. The average molecular weight is 174 g/mol. The summed E-state index contributed by atoms with van der Waals surface area (Å²) in [5.41, 5.74) is 0. The Labute approximate surface area is 71.7 Å². The summed E-state index contributed by atoms with van der Waals surface area (Å²) in [6, 6.07) is 0.172. The Morgan fingerprint density at radius 1 is 1.55 bits per heavy atom. The minimum atomic E-state index is 0.172. The smallest absolute Gasteiger partial charge is 0.318 e. The third-order valence-electron chi connectivity index (χ3n) is 1.62. The van der Waals surface area contributed by atoms with Crippen LogP contribution in [0.2, 0.25) is 0 Å². The number of thioether (sulfide) groups is 1. The normalized spacial score (nSPS) is 19.3. The van der Waals surface area contributed by atoms with Crippen molar-refractivity contribution in [1.82, 2.24) is 9.80 Å². The van der Waals surface area contributed by atoms with Crippen LogP contribution < -0.4 is 0 Å². The van der Waals surface area contributed by atoms with Crippen LogP contribution in [0, 0.1) is 0 Å². The quantitative estimate of drug-likeness (QED) is 0.632. The molecule has 0 atom stereocenters. The molecule has 1 heterocycles. The molecule has 1 aliphatic rings. The number of urea groups is 1. The molecule has 1 saturated heterocycles. The fraction of sp³-hybridized carbons (Fsp3) is 0.857. The summed E-state index contributed by atoms with van der Waals surface area (Å²) in [4.78, 5) is 15.0. The molecule has 0 aromatic carbocycles. The second kappa shape index (κ2) is 3.85. The number of nitrogens with zero attached hydrogens (tertiary/aromatic N) is 2. The lowest BCUT2D eigenvalue weighted by atomic mass is 10.4. The molecule has 0 spiro atoms. The topological polar surface area (TPSA) is 23.6 Å². The summed E-state index contributed by atoms with van der Waals surface area (Å²) in [5.74, 6) is 1.69. The number of carbonyl (C=O) groups excluding carboxylic acids is 1. The molecule has 1 fully saturated rings. The van der Waals surface area contributed by atoms with Crippen molar-refractivity contribution in [2.45, 2.75) is 13.3 Å². The van der Waals surface area contributed by atoms with Crippen LogP contribution in [0.5, 0.6) is 0 Å². The van der Waals surface area contributed by atoms with Crippen molar-refractivity contribution in [3.8, 4) is 0 Å². The predicted octanol–water partition coefficient (Wildman–Crippen LogP) is 1.41. The molecule has 0 saturated carbocycles. The van der Waals surface area contributed by atoms with E-state index in [0.29, 0.717) is 0 Å². The van der Waals surface area contributed by atoms with E-state index >= 15 is 0 Å². The molecule has 11 heavy (non-hydrogen) atoms. The van der Waals surface area contributed by atoms with Crippen LogP contribution in [-0.2, 0) is 0 Å². The molecule has 0 unspecified atom stereocenters. The van der Waals surface area contributed by atoms with E-state index in [1.54, 1.807) is 16.7 Å². The van der Waals surface area contributed by atoms with Crippen molar-refractivity contribution < 1.29 is 4.79 Å². The summed E-state index contributed by atoms with van der Waals surface area (Å²) in [6.07, 6.45) is 1.04. The molecule has 4 heteroatoms. The minimum Gasteiger partial charge on any atom is -0.318 e. The number of carbonyl (C=O) groups is 1. The molecule has 1 aliphatic heterocycles. The molecule has 1 rings (SSSR count). The zero-order valence-corrected chi connectivity index (χ0v) is 7.86. The van der Waals surface area contributed by atoms with Gasteiger partial charge in [0.15, 0.2) is 0 Å². The maximum Gasteiger partial charge on any atom is 0.321 e. The van der Waals surface area contributed by atoms with E-state index in [2.05, 4.69) is 6.92 Å². The highest BCUT2D eigenvalue weighted by molar-refractivity contribution is 7.99. The molecule has 64 valence electrons. The van der Waals surface area contributed by atoms with Crippen LogP contribution >= 0.6 is 11.8 Å². The predicted molar refractivity (Wildman–Crippen MR) is 47.5 cm³/mol. The highest BCUT2D eigenvalue weighted by Gasteiger charge is 2.21. The summed E-state index contributed by atoms with van der Waals surface area (Å²) in [6.45, 7) is 2.97. The highest BCUT2D eigenvalue weighted by atomic mass is 32.2. The fourth-order valence-electron chi connectivity index (χ4n) is 1.07. The Morgan fingerprint density at radius 3 is 2.91 bits per heavy atom. The van der Waals surface area contributed by atoms with Gasteiger partial charge >= 0.3 is 6.03 Å². The summed E-state index contributed by atoms with van der Waals surface area (Å²) < 4.78 is 0. The number of amides is 2. The molecule has 2 amide bonds. The van der Waals surface area contributed by atoms with E-state index in [0.717, 1.165) is 24.7 Å². The first kappa shape index (κ1) is 8.71. The second-order valence-electron chi connectivity index (χ2n) is 2.71. The largest absolute Gasteiger partial charge is 0.321 e. The third-order valence-corrected chi connectivity index (χ3v) is 2.69. The van der Waals surface area contributed by atoms with Gasteiger partial charge in [0, 0.05) is 13.6 Å². The first-order valence-corrected chi connectivity index (χ1v) is 4.99. The Bertz CT molecular complexity index is 149. The summed E-state index contributed by atoms with van der Waals surface area (Å²) >= 11 is 1.79. The lowest BCUT2D eigenvalue weighted by Crippen LogP contribution is -2.45. The van der Waals surface area contributed by atoms with Gasteiger partial charge in [0.2, 0.25) is 0 Å². The van der Waals surface area contributed by atoms with Gasteiger partial charge in [0.1, 0.15) is 0 Å². The standard InChI is InChI=1S/C7H14N2OS/c1-3-4-9-6-11-5-8(2)7(9)10/h3-6H2,1-2H3. The number of rotatable bonds is 2. The Kier molecular flexibility index (Phi) is 3.05. The molecule has 0 radical (unpaired) electrons. The monoisotopic (exact) mass is 174 g/mol. The van der Waals surface area contributed by atoms with Crippen LogP contribution in [0.1, 0.15) is 13.3 Å². The maximum atomic E-state index is 11.4. The number of hydrogen-bond donors (Lipinski definition) is 0. The van der Waals surface area contributed by atoms with E-state index in [1.807, 2.05) is 11.9 Å². The third kappa shape index (κ3) is 2.02. The first-order chi connectivity index (χ1) is 5.25. The zero-order valence-electron chi connectivity index (χ0n) is 7.04. The Morgan fingerprint density at radius 2 is 2.27 bits per heavy atom.